The second kappa shape index (κ2) is 7.35. The van der Waals surface area contributed by atoms with Gasteiger partial charge in [0.15, 0.2) is 0 Å². The Morgan fingerprint density at radius 2 is 1.95 bits per heavy atom. The number of aromatic nitrogens is 3. The van der Waals surface area contributed by atoms with Crippen molar-refractivity contribution >= 4 is 11.8 Å². The van der Waals surface area contributed by atoms with Crippen LogP contribution < -0.4 is 10.6 Å². The summed E-state index contributed by atoms with van der Waals surface area (Å²) in [6.45, 7) is 4.67. The van der Waals surface area contributed by atoms with E-state index >= 15 is 0 Å². The Hall–Kier alpha value is -2.70. The van der Waals surface area contributed by atoms with Crippen molar-refractivity contribution in [3.63, 3.8) is 0 Å². The van der Waals surface area contributed by atoms with Crippen LogP contribution in [-0.2, 0) is 17.9 Å². The van der Waals surface area contributed by atoms with Gasteiger partial charge in [-0.1, -0.05) is 0 Å². The van der Waals surface area contributed by atoms with Crippen molar-refractivity contribution in [2.75, 3.05) is 6.54 Å². The van der Waals surface area contributed by atoms with E-state index in [1.54, 1.807) is 23.1 Å². The van der Waals surface area contributed by atoms with Crippen molar-refractivity contribution in [3.05, 3.63) is 47.5 Å². The molecule has 2 amide bonds. The van der Waals surface area contributed by atoms with Crippen LogP contribution in [0.15, 0.2) is 30.6 Å². The number of aryl methyl sites for hydroxylation is 2. The number of amides is 2. The molecule has 2 aromatic rings. The summed E-state index contributed by atoms with van der Waals surface area (Å²) < 4.78 is 1.61. The highest BCUT2D eigenvalue weighted by atomic mass is 16.2. The van der Waals surface area contributed by atoms with Gasteiger partial charge in [-0.15, -0.1) is 0 Å². The molecule has 2 rings (SSSR count). The molecule has 2 aromatic heterocycles. The topological polar surface area (TPSA) is 88.9 Å². The maximum absolute atomic E-state index is 12.1. The monoisotopic (exact) mass is 301 g/mol. The zero-order valence-corrected chi connectivity index (χ0v) is 12.7. The molecule has 0 saturated carbocycles. The molecule has 7 heteroatoms. The van der Waals surface area contributed by atoms with Crippen molar-refractivity contribution in [2.45, 2.75) is 26.9 Å². The molecule has 0 bridgehead atoms. The first-order chi connectivity index (χ1) is 10.6. The van der Waals surface area contributed by atoms with E-state index in [1.807, 2.05) is 26.0 Å². The van der Waals surface area contributed by atoms with E-state index in [9.17, 15) is 9.59 Å². The lowest BCUT2D eigenvalue weighted by atomic mass is 10.3. The van der Waals surface area contributed by atoms with Gasteiger partial charge in [-0.25, -0.2) is 0 Å². The molecule has 0 radical (unpaired) electrons. The zero-order valence-electron chi connectivity index (χ0n) is 12.7. The first-order valence-corrected chi connectivity index (χ1v) is 7.08. The molecule has 0 aliphatic rings. The summed E-state index contributed by atoms with van der Waals surface area (Å²) in [6.07, 6.45) is 3.33. The number of carbonyl (C=O) groups excluding carboxylic acids is 2. The first kappa shape index (κ1) is 15.7. The fourth-order valence-corrected chi connectivity index (χ4v) is 1.98. The number of rotatable bonds is 6. The van der Waals surface area contributed by atoms with Crippen LogP contribution in [0, 0.1) is 6.92 Å². The Kier molecular flexibility index (Phi) is 5.24. The Morgan fingerprint density at radius 3 is 2.64 bits per heavy atom. The largest absolute Gasteiger partial charge is 0.350 e. The standard InChI is InChI=1S/C15H19N5O2/c1-3-20-13(8-11(2)19-20)15(22)18-10-14(21)17-9-12-4-6-16-7-5-12/h4-8H,3,9-10H2,1-2H3,(H,17,21)(H,18,22). The summed E-state index contributed by atoms with van der Waals surface area (Å²) in [5.41, 5.74) is 2.19. The second-order valence-corrected chi connectivity index (χ2v) is 4.80. The highest BCUT2D eigenvalue weighted by molar-refractivity contribution is 5.95. The van der Waals surface area contributed by atoms with Crippen molar-refractivity contribution < 1.29 is 9.59 Å². The van der Waals surface area contributed by atoms with E-state index in [1.165, 1.54) is 0 Å². The normalized spacial score (nSPS) is 10.3. The molecular formula is C15H19N5O2. The van der Waals surface area contributed by atoms with Gasteiger partial charge in [-0.05, 0) is 37.6 Å². The summed E-state index contributed by atoms with van der Waals surface area (Å²) in [7, 11) is 0. The number of hydrogen-bond acceptors (Lipinski definition) is 4. The Morgan fingerprint density at radius 1 is 1.23 bits per heavy atom. The highest BCUT2D eigenvalue weighted by Crippen LogP contribution is 2.03. The fourth-order valence-electron chi connectivity index (χ4n) is 1.98. The summed E-state index contributed by atoms with van der Waals surface area (Å²) >= 11 is 0. The lowest BCUT2D eigenvalue weighted by Crippen LogP contribution is -2.37. The molecule has 0 saturated heterocycles. The van der Waals surface area contributed by atoms with Crippen molar-refractivity contribution in [2.24, 2.45) is 0 Å². The molecule has 0 aromatic carbocycles. The smallest absolute Gasteiger partial charge is 0.269 e. The third-order valence-electron chi connectivity index (χ3n) is 3.08. The molecule has 116 valence electrons. The van der Waals surface area contributed by atoms with Gasteiger partial charge in [0.1, 0.15) is 5.69 Å². The van der Waals surface area contributed by atoms with Crippen molar-refractivity contribution in [3.8, 4) is 0 Å². The molecule has 7 nitrogen and oxygen atoms in total. The fraction of sp³-hybridized carbons (Fsp3) is 0.333. The number of pyridine rings is 1. The Bertz CT molecular complexity index is 651. The van der Waals surface area contributed by atoms with Crippen molar-refractivity contribution in [1.29, 1.82) is 0 Å². The quantitative estimate of drug-likeness (QED) is 0.820. The minimum absolute atomic E-state index is 0.0716. The van der Waals surface area contributed by atoms with E-state index < -0.39 is 0 Å². The van der Waals surface area contributed by atoms with Gasteiger partial charge in [-0.2, -0.15) is 5.10 Å². The van der Waals surface area contributed by atoms with Crippen LogP contribution in [-0.4, -0.2) is 33.1 Å². The van der Waals surface area contributed by atoms with Gasteiger partial charge in [-0.3, -0.25) is 19.3 Å². The first-order valence-electron chi connectivity index (χ1n) is 7.08. The minimum Gasteiger partial charge on any atom is -0.350 e. The summed E-state index contributed by atoms with van der Waals surface area (Å²) in [6, 6.07) is 5.34. The molecule has 0 unspecified atom stereocenters. The number of hydrogen-bond donors (Lipinski definition) is 2. The number of nitrogens with one attached hydrogen (secondary N) is 2. The average Bonchev–Trinajstić information content (AvgIpc) is 2.92. The third kappa shape index (κ3) is 4.15. The number of nitrogens with zero attached hydrogens (tertiary/aromatic N) is 3. The molecule has 0 spiro atoms. The second-order valence-electron chi connectivity index (χ2n) is 4.80. The van der Waals surface area contributed by atoms with E-state index in [0.717, 1.165) is 11.3 Å². The third-order valence-corrected chi connectivity index (χ3v) is 3.08. The van der Waals surface area contributed by atoms with Crippen LogP contribution in [0.1, 0.15) is 28.7 Å². The number of carbonyl (C=O) groups is 2. The van der Waals surface area contributed by atoms with Gasteiger partial charge >= 0.3 is 0 Å². The minimum atomic E-state index is -0.304. The molecule has 0 aliphatic carbocycles. The molecule has 22 heavy (non-hydrogen) atoms. The van der Waals surface area contributed by atoms with Gasteiger partial charge in [0.05, 0.1) is 12.2 Å². The predicted molar refractivity (Wildman–Crippen MR) is 81.1 cm³/mol. The van der Waals surface area contributed by atoms with Crippen LogP contribution in [0.3, 0.4) is 0 Å². The van der Waals surface area contributed by atoms with Gasteiger partial charge in [0.25, 0.3) is 5.91 Å². The van der Waals surface area contributed by atoms with Crippen LogP contribution in [0.25, 0.3) is 0 Å². The van der Waals surface area contributed by atoms with E-state index in [-0.39, 0.29) is 18.4 Å². The van der Waals surface area contributed by atoms with Crippen molar-refractivity contribution in [1.82, 2.24) is 25.4 Å². The van der Waals surface area contributed by atoms with Crippen LogP contribution in [0.4, 0.5) is 0 Å². The van der Waals surface area contributed by atoms with Gasteiger partial charge in [0, 0.05) is 25.5 Å². The van der Waals surface area contributed by atoms with E-state index in [4.69, 9.17) is 0 Å². The summed E-state index contributed by atoms with van der Waals surface area (Å²) in [5, 5.41) is 9.54. The highest BCUT2D eigenvalue weighted by Gasteiger charge is 2.13. The predicted octanol–water partition coefficient (Wildman–Crippen LogP) is 0.653. The summed E-state index contributed by atoms with van der Waals surface area (Å²) in [4.78, 5) is 27.7. The molecule has 0 aliphatic heterocycles. The van der Waals surface area contributed by atoms with Gasteiger partial charge in [0.2, 0.25) is 5.91 Å². The molecular weight excluding hydrogens is 282 g/mol. The zero-order chi connectivity index (χ0) is 15.9. The summed E-state index contributed by atoms with van der Waals surface area (Å²) in [5.74, 6) is -0.550. The lowest BCUT2D eigenvalue weighted by molar-refractivity contribution is -0.120. The molecule has 2 N–H and O–H groups in total. The Labute approximate surface area is 128 Å². The van der Waals surface area contributed by atoms with E-state index in [0.29, 0.717) is 18.8 Å². The Balaban J connectivity index is 1.81. The molecule has 0 fully saturated rings. The maximum atomic E-state index is 12.1. The van der Waals surface area contributed by atoms with Crippen LogP contribution in [0.2, 0.25) is 0 Å². The van der Waals surface area contributed by atoms with Crippen LogP contribution in [0.5, 0.6) is 0 Å². The van der Waals surface area contributed by atoms with E-state index in [2.05, 4.69) is 20.7 Å². The SMILES string of the molecule is CCn1nc(C)cc1C(=O)NCC(=O)NCc1ccncc1. The lowest BCUT2D eigenvalue weighted by Gasteiger charge is -2.07. The van der Waals surface area contributed by atoms with Gasteiger partial charge < -0.3 is 10.6 Å². The average molecular weight is 301 g/mol. The van der Waals surface area contributed by atoms with Crippen LogP contribution >= 0.6 is 0 Å². The molecule has 2 heterocycles. The maximum Gasteiger partial charge on any atom is 0.269 e. The molecule has 0 atom stereocenters.